The number of carbonyl (C=O) groups is 4. The molecule has 0 spiro atoms. The maximum Gasteiger partial charge on any atom is 0.308 e. The van der Waals surface area contributed by atoms with E-state index in [9.17, 15) is 19.2 Å². The topological polar surface area (TPSA) is 114 Å². The Morgan fingerprint density at radius 3 is 2.74 bits per heavy atom. The monoisotopic (exact) mass is 429 g/mol. The van der Waals surface area contributed by atoms with E-state index in [1.54, 1.807) is 18.2 Å². The highest BCUT2D eigenvalue weighted by atomic mass is 16.6. The molecule has 2 fully saturated rings. The number of benzene rings is 1. The van der Waals surface area contributed by atoms with Crippen molar-refractivity contribution in [1.29, 1.82) is 0 Å². The predicted molar refractivity (Wildman–Crippen MR) is 111 cm³/mol. The average Bonchev–Trinajstić information content (AvgIpc) is 3.27. The van der Waals surface area contributed by atoms with E-state index in [2.05, 4.69) is 10.6 Å². The van der Waals surface area contributed by atoms with Gasteiger partial charge in [0, 0.05) is 26.6 Å². The fourth-order valence-electron chi connectivity index (χ4n) is 3.55. The number of nitrogens with one attached hydrogen (secondary N) is 2. The number of hydrogen-bond acceptors (Lipinski definition) is 6. The summed E-state index contributed by atoms with van der Waals surface area (Å²) in [6.07, 6.45) is 2.90. The fourth-order valence-corrected chi connectivity index (χ4v) is 3.55. The van der Waals surface area contributed by atoms with Gasteiger partial charge in [-0.05, 0) is 24.5 Å². The summed E-state index contributed by atoms with van der Waals surface area (Å²) in [5.41, 5.74) is 0.750. The summed E-state index contributed by atoms with van der Waals surface area (Å²) in [6.45, 7) is 2.54. The van der Waals surface area contributed by atoms with Crippen LogP contribution in [0.1, 0.15) is 31.7 Å². The first-order valence-corrected chi connectivity index (χ1v) is 10.3. The Bertz CT molecular complexity index is 848. The summed E-state index contributed by atoms with van der Waals surface area (Å²) in [6, 6.07) is 8.01. The van der Waals surface area contributed by atoms with Crippen LogP contribution in [0.5, 0.6) is 0 Å². The van der Waals surface area contributed by atoms with Gasteiger partial charge in [-0.15, -0.1) is 0 Å². The summed E-state index contributed by atoms with van der Waals surface area (Å²) in [5.74, 6) is -1.96. The van der Waals surface area contributed by atoms with E-state index in [0.717, 1.165) is 12.8 Å². The van der Waals surface area contributed by atoms with Gasteiger partial charge in [-0.2, -0.15) is 0 Å². The van der Waals surface area contributed by atoms with Gasteiger partial charge in [-0.1, -0.05) is 30.3 Å². The lowest BCUT2D eigenvalue weighted by Crippen LogP contribution is -2.58. The van der Waals surface area contributed by atoms with Crippen molar-refractivity contribution in [3.63, 3.8) is 0 Å². The first kappa shape index (κ1) is 22.5. The average molecular weight is 429 g/mol. The molecule has 0 aromatic heterocycles. The molecule has 2 N–H and O–H groups in total. The molecule has 2 heterocycles. The highest BCUT2D eigenvalue weighted by Crippen LogP contribution is 2.17. The highest BCUT2D eigenvalue weighted by molar-refractivity contribution is 6.03. The Hall–Kier alpha value is -3.20. The molecule has 0 saturated carbocycles. The molecule has 2 aliphatic rings. The third-order valence-corrected chi connectivity index (χ3v) is 5.06. The first-order valence-electron chi connectivity index (χ1n) is 10.3. The Balaban J connectivity index is 1.73. The van der Waals surface area contributed by atoms with Crippen molar-refractivity contribution in [3.8, 4) is 0 Å². The molecule has 0 aliphatic carbocycles. The number of ether oxygens (including phenoxy) is 2. The largest absolute Gasteiger partial charge is 0.463 e. The molecular weight excluding hydrogens is 402 g/mol. The van der Waals surface area contributed by atoms with E-state index in [1.165, 1.54) is 11.8 Å². The number of nitrogens with zero attached hydrogens (tertiary/aromatic N) is 1. The lowest BCUT2D eigenvalue weighted by molar-refractivity contribution is -0.153. The van der Waals surface area contributed by atoms with Gasteiger partial charge >= 0.3 is 5.97 Å². The van der Waals surface area contributed by atoms with E-state index >= 15 is 0 Å². The number of piperazine rings is 1. The molecule has 0 bridgehead atoms. The van der Waals surface area contributed by atoms with Gasteiger partial charge < -0.3 is 25.0 Å². The number of esters is 1. The van der Waals surface area contributed by atoms with Crippen LogP contribution in [-0.2, 0) is 28.7 Å². The first-order chi connectivity index (χ1) is 14.9. The molecule has 3 amide bonds. The van der Waals surface area contributed by atoms with E-state index in [1.807, 2.05) is 18.2 Å². The Labute approximate surface area is 180 Å². The summed E-state index contributed by atoms with van der Waals surface area (Å²) in [7, 11) is 0. The molecule has 3 rings (SSSR count). The van der Waals surface area contributed by atoms with E-state index < -0.39 is 29.7 Å². The zero-order valence-electron chi connectivity index (χ0n) is 17.5. The maximum atomic E-state index is 13.2. The molecule has 0 radical (unpaired) electrons. The molecule has 2 unspecified atom stereocenters. The number of amides is 3. The van der Waals surface area contributed by atoms with Crippen molar-refractivity contribution in [3.05, 3.63) is 41.6 Å². The second kappa shape index (κ2) is 10.7. The summed E-state index contributed by atoms with van der Waals surface area (Å²) >= 11 is 0. The molecule has 166 valence electrons. The zero-order valence-corrected chi connectivity index (χ0v) is 17.5. The quantitative estimate of drug-likeness (QED) is 0.485. The summed E-state index contributed by atoms with van der Waals surface area (Å²) in [4.78, 5) is 51.0. The lowest BCUT2D eigenvalue weighted by Gasteiger charge is -2.35. The van der Waals surface area contributed by atoms with Crippen molar-refractivity contribution in [2.75, 3.05) is 26.3 Å². The van der Waals surface area contributed by atoms with Crippen LogP contribution in [0.4, 0.5) is 0 Å². The molecule has 9 nitrogen and oxygen atoms in total. The van der Waals surface area contributed by atoms with Crippen molar-refractivity contribution in [1.82, 2.24) is 15.5 Å². The molecule has 2 atom stereocenters. The fraction of sp³-hybridized carbons (Fsp3) is 0.455. The van der Waals surface area contributed by atoms with Crippen molar-refractivity contribution >= 4 is 29.8 Å². The van der Waals surface area contributed by atoms with Crippen LogP contribution >= 0.6 is 0 Å². The Morgan fingerprint density at radius 1 is 1.29 bits per heavy atom. The van der Waals surface area contributed by atoms with E-state index in [0.29, 0.717) is 12.2 Å². The van der Waals surface area contributed by atoms with Crippen LogP contribution in [0.25, 0.3) is 6.08 Å². The molecule has 1 aromatic rings. The minimum absolute atomic E-state index is 0.0334. The maximum absolute atomic E-state index is 13.2. The molecular formula is C22H27N3O6. The summed E-state index contributed by atoms with van der Waals surface area (Å²) in [5, 5.41) is 5.22. The molecule has 2 saturated heterocycles. The molecule has 2 aliphatic heterocycles. The van der Waals surface area contributed by atoms with Crippen LogP contribution in [0, 0.1) is 0 Å². The zero-order chi connectivity index (χ0) is 22.2. The lowest BCUT2D eigenvalue weighted by atomic mass is 10.1. The smallest absolute Gasteiger partial charge is 0.308 e. The standard InChI is InChI=1S/C22H27N3O6/c1-15(26)24-18(12-16-6-3-2-4-7-16)22(29)25-10-9-23-21(28)19(25)13-20(27)31-14-17-8-5-11-30-17/h2-4,6-7,12,17,19H,5,8-11,13-14H2,1H3,(H,23,28)(H,24,26)/b18-12-. The minimum Gasteiger partial charge on any atom is -0.463 e. The molecule has 9 heteroatoms. The molecule has 1 aromatic carbocycles. The van der Waals surface area contributed by atoms with Crippen LogP contribution in [-0.4, -0.2) is 67.0 Å². The summed E-state index contributed by atoms with van der Waals surface area (Å²) < 4.78 is 10.7. The van der Waals surface area contributed by atoms with Crippen molar-refractivity contribution in [2.45, 2.75) is 38.3 Å². The minimum atomic E-state index is -1.02. The second-order valence-corrected chi connectivity index (χ2v) is 7.48. The SMILES string of the molecule is CC(=O)N/C(=C\c1ccccc1)C(=O)N1CCNC(=O)C1CC(=O)OCC1CCCO1. The normalized spacial score (nSPS) is 21.4. The van der Waals surface area contributed by atoms with E-state index in [-0.39, 0.29) is 37.9 Å². The third-order valence-electron chi connectivity index (χ3n) is 5.06. The van der Waals surface area contributed by atoms with Crippen LogP contribution in [0.15, 0.2) is 36.0 Å². The van der Waals surface area contributed by atoms with Crippen molar-refractivity contribution < 1.29 is 28.7 Å². The number of rotatable bonds is 7. The highest BCUT2D eigenvalue weighted by Gasteiger charge is 2.36. The van der Waals surface area contributed by atoms with Crippen LogP contribution in [0.3, 0.4) is 0 Å². The predicted octanol–water partition coefficient (Wildman–Crippen LogP) is 0.603. The Kier molecular flexibility index (Phi) is 7.77. The molecule has 31 heavy (non-hydrogen) atoms. The van der Waals surface area contributed by atoms with E-state index in [4.69, 9.17) is 9.47 Å². The second-order valence-electron chi connectivity index (χ2n) is 7.48. The van der Waals surface area contributed by atoms with Gasteiger partial charge in [-0.3, -0.25) is 19.2 Å². The number of carbonyl (C=O) groups excluding carboxylic acids is 4. The van der Waals surface area contributed by atoms with Gasteiger partial charge in [0.15, 0.2) is 0 Å². The van der Waals surface area contributed by atoms with Gasteiger partial charge in [0.05, 0.1) is 12.5 Å². The van der Waals surface area contributed by atoms with Gasteiger partial charge in [0.2, 0.25) is 11.8 Å². The van der Waals surface area contributed by atoms with Gasteiger partial charge in [0.1, 0.15) is 18.3 Å². The van der Waals surface area contributed by atoms with Crippen LogP contribution < -0.4 is 10.6 Å². The van der Waals surface area contributed by atoms with Crippen LogP contribution in [0.2, 0.25) is 0 Å². The van der Waals surface area contributed by atoms with Gasteiger partial charge in [0.25, 0.3) is 5.91 Å². The van der Waals surface area contributed by atoms with Gasteiger partial charge in [-0.25, -0.2) is 0 Å². The number of hydrogen-bond donors (Lipinski definition) is 2. The van der Waals surface area contributed by atoms with Crippen molar-refractivity contribution in [2.24, 2.45) is 0 Å². The third kappa shape index (κ3) is 6.39. The Morgan fingerprint density at radius 2 is 2.06 bits per heavy atom.